The predicted octanol–water partition coefficient (Wildman–Crippen LogP) is 3.25. The van der Waals surface area contributed by atoms with Crippen molar-refractivity contribution in [2.24, 2.45) is 0 Å². The van der Waals surface area contributed by atoms with Crippen molar-refractivity contribution in [2.45, 2.75) is 19.4 Å². The van der Waals surface area contributed by atoms with Crippen molar-refractivity contribution in [2.75, 3.05) is 6.61 Å². The molecule has 2 rings (SSSR count). The number of benzene rings is 1. The third-order valence-electron chi connectivity index (χ3n) is 2.50. The molecule has 0 aromatic heterocycles. The lowest BCUT2D eigenvalue weighted by atomic mass is 10.0. The van der Waals surface area contributed by atoms with Crippen LogP contribution in [0.4, 0.5) is 0 Å². The monoisotopic (exact) mass is 252 g/mol. The molecule has 0 fully saturated rings. The summed E-state index contributed by atoms with van der Waals surface area (Å²) in [6.07, 6.45) is 1.68. The number of rotatable bonds is 3. The average molecular weight is 253 g/mol. The molecule has 1 unspecified atom stereocenters. The molecule has 0 amide bonds. The number of halogens is 1. The second-order valence-electron chi connectivity index (χ2n) is 3.72. The Morgan fingerprint density at radius 3 is 2.76 bits per heavy atom. The highest BCUT2D eigenvalue weighted by molar-refractivity contribution is 6.30. The van der Waals surface area contributed by atoms with Crippen molar-refractivity contribution in [3.05, 3.63) is 46.7 Å². The molecule has 0 spiro atoms. The van der Waals surface area contributed by atoms with E-state index in [0.717, 1.165) is 5.56 Å². The number of cyclic esters (lactones) is 1. The average Bonchev–Trinajstić information content (AvgIpc) is 2.29. The van der Waals surface area contributed by atoms with Gasteiger partial charge in [-0.2, -0.15) is 0 Å². The maximum absolute atomic E-state index is 11.4. The molecule has 3 nitrogen and oxygen atoms in total. The normalized spacial score (nSPS) is 19.5. The van der Waals surface area contributed by atoms with Gasteiger partial charge >= 0.3 is 5.97 Å². The molecular weight excluding hydrogens is 240 g/mol. The van der Waals surface area contributed by atoms with Crippen LogP contribution in [0.3, 0.4) is 0 Å². The molecule has 17 heavy (non-hydrogen) atoms. The van der Waals surface area contributed by atoms with Crippen molar-refractivity contribution in [3.8, 4) is 0 Å². The second-order valence-corrected chi connectivity index (χ2v) is 4.16. The Morgan fingerprint density at radius 2 is 2.12 bits per heavy atom. The number of ether oxygens (including phenoxy) is 2. The maximum atomic E-state index is 11.4. The summed E-state index contributed by atoms with van der Waals surface area (Å²) < 4.78 is 10.6. The van der Waals surface area contributed by atoms with Gasteiger partial charge in [0.2, 0.25) is 0 Å². The molecule has 1 aromatic carbocycles. The first-order chi connectivity index (χ1) is 8.19. The minimum absolute atomic E-state index is 0.286. The first-order valence-electron chi connectivity index (χ1n) is 5.48. The van der Waals surface area contributed by atoms with Gasteiger partial charge in [-0.25, -0.2) is 4.79 Å². The highest BCUT2D eigenvalue weighted by atomic mass is 35.5. The van der Waals surface area contributed by atoms with Crippen LogP contribution in [0.1, 0.15) is 25.0 Å². The van der Waals surface area contributed by atoms with E-state index in [2.05, 4.69) is 0 Å². The second kappa shape index (κ2) is 5.23. The molecule has 1 aliphatic heterocycles. The SMILES string of the molecule is CCOC1=CC(=O)OC(c2ccc(Cl)cc2)C1. The molecule has 1 aromatic rings. The highest BCUT2D eigenvalue weighted by Gasteiger charge is 2.23. The number of hydrogen-bond donors (Lipinski definition) is 0. The van der Waals surface area contributed by atoms with Crippen molar-refractivity contribution in [1.82, 2.24) is 0 Å². The first-order valence-corrected chi connectivity index (χ1v) is 5.86. The molecule has 1 atom stereocenters. The summed E-state index contributed by atoms with van der Waals surface area (Å²) in [5, 5.41) is 0.663. The van der Waals surface area contributed by atoms with Gasteiger partial charge in [-0.3, -0.25) is 0 Å². The lowest BCUT2D eigenvalue weighted by molar-refractivity contribution is -0.145. The Hall–Kier alpha value is -1.48. The van der Waals surface area contributed by atoms with E-state index < -0.39 is 0 Å². The summed E-state index contributed by atoms with van der Waals surface area (Å²) in [7, 11) is 0. The van der Waals surface area contributed by atoms with E-state index in [1.54, 1.807) is 12.1 Å². The van der Waals surface area contributed by atoms with Crippen LogP contribution in [0.2, 0.25) is 5.02 Å². The fraction of sp³-hybridized carbons (Fsp3) is 0.308. The standard InChI is InChI=1S/C13H13ClO3/c1-2-16-11-7-12(17-13(15)8-11)9-3-5-10(14)6-4-9/h3-6,8,12H,2,7H2,1H3. The van der Waals surface area contributed by atoms with Crippen molar-refractivity contribution in [3.63, 3.8) is 0 Å². The van der Waals surface area contributed by atoms with Gasteiger partial charge in [0.25, 0.3) is 0 Å². The lowest BCUT2D eigenvalue weighted by Gasteiger charge is -2.23. The predicted molar refractivity (Wildman–Crippen MR) is 64.6 cm³/mol. The Balaban J connectivity index is 2.15. The van der Waals surface area contributed by atoms with Crippen LogP contribution in [0.25, 0.3) is 0 Å². The van der Waals surface area contributed by atoms with E-state index in [4.69, 9.17) is 21.1 Å². The fourth-order valence-corrected chi connectivity index (χ4v) is 1.86. The number of hydrogen-bond acceptors (Lipinski definition) is 3. The smallest absolute Gasteiger partial charge is 0.334 e. The van der Waals surface area contributed by atoms with Crippen molar-refractivity contribution < 1.29 is 14.3 Å². The number of carbonyl (C=O) groups excluding carboxylic acids is 1. The molecule has 0 radical (unpaired) electrons. The zero-order chi connectivity index (χ0) is 12.3. The van der Waals surface area contributed by atoms with Crippen LogP contribution in [-0.2, 0) is 14.3 Å². The van der Waals surface area contributed by atoms with E-state index in [1.165, 1.54) is 6.08 Å². The van der Waals surface area contributed by atoms with E-state index >= 15 is 0 Å². The zero-order valence-corrected chi connectivity index (χ0v) is 10.2. The number of esters is 1. The van der Waals surface area contributed by atoms with Crippen LogP contribution in [0.5, 0.6) is 0 Å². The fourth-order valence-electron chi connectivity index (χ4n) is 1.74. The molecule has 0 N–H and O–H groups in total. The lowest BCUT2D eigenvalue weighted by Crippen LogP contribution is -2.17. The molecular formula is C13H13ClO3. The van der Waals surface area contributed by atoms with Gasteiger partial charge in [-0.15, -0.1) is 0 Å². The quantitative estimate of drug-likeness (QED) is 0.775. The van der Waals surface area contributed by atoms with E-state index in [0.29, 0.717) is 23.8 Å². The summed E-state index contributed by atoms with van der Waals surface area (Å²) in [5.74, 6) is 0.309. The topological polar surface area (TPSA) is 35.5 Å². The Bertz CT molecular complexity index is 436. The Morgan fingerprint density at radius 1 is 1.41 bits per heavy atom. The third-order valence-corrected chi connectivity index (χ3v) is 2.75. The molecule has 0 saturated carbocycles. The highest BCUT2D eigenvalue weighted by Crippen LogP contribution is 2.30. The summed E-state index contributed by atoms with van der Waals surface area (Å²) in [6, 6.07) is 7.27. The van der Waals surface area contributed by atoms with Crippen LogP contribution in [0, 0.1) is 0 Å². The molecule has 0 saturated heterocycles. The number of carbonyl (C=O) groups is 1. The van der Waals surface area contributed by atoms with Crippen LogP contribution in [0.15, 0.2) is 36.1 Å². The molecule has 0 bridgehead atoms. The van der Waals surface area contributed by atoms with Gasteiger partial charge in [-0.05, 0) is 24.6 Å². The molecule has 1 heterocycles. The summed E-state index contributed by atoms with van der Waals surface area (Å²) in [6.45, 7) is 2.44. The van der Waals surface area contributed by atoms with E-state index in [-0.39, 0.29) is 12.1 Å². The molecule has 90 valence electrons. The van der Waals surface area contributed by atoms with Crippen LogP contribution < -0.4 is 0 Å². The third kappa shape index (κ3) is 3.01. The Labute approximate surface area is 105 Å². The molecule has 4 heteroatoms. The maximum Gasteiger partial charge on any atom is 0.334 e. The zero-order valence-electron chi connectivity index (χ0n) is 9.48. The van der Waals surface area contributed by atoms with Crippen LogP contribution in [-0.4, -0.2) is 12.6 Å². The van der Waals surface area contributed by atoms with Crippen molar-refractivity contribution >= 4 is 17.6 Å². The van der Waals surface area contributed by atoms with Crippen molar-refractivity contribution in [1.29, 1.82) is 0 Å². The van der Waals surface area contributed by atoms with E-state index in [1.807, 2.05) is 19.1 Å². The van der Waals surface area contributed by atoms with Gasteiger partial charge in [-0.1, -0.05) is 23.7 Å². The van der Waals surface area contributed by atoms with Gasteiger partial charge in [0.05, 0.1) is 12.7 Å². The molecule has 0 aliphatic carbocycles. The van der Waals surface area contributed by atoms with Gasteiger partial charge in [0, 0.05) is 11.4 Å². The first kappa shape index (κ1) is 12.0. The van der Waals surface area contributed by atoms with Gasteiger partial charge < -0.3 is 9.47 Å². The summed E-state index contributed by atoms with van der Waals surface area (Å²) in [4.78, 5) is 11.4. The minimum atomic E-state index is -0.361. The minimum Gasteiger partial charge on any atom is -0.498 e. The summed E-state index contributed by atoms with van der Waals surface area (Å²) in [5.41, 5.74) is 0.924. The summed E-state index contributed by atoms with van der Waals surface area (Å²) >= 11 is 5.81. The van der Waals surface area contributed by atoms with Gasteiger partial charge in [0.1, 0.15) is 11.9 Å². The van der Waals surface area contributed by atoms with Crippen LogP contribution >= 0.6 is 11.6 Å². The Kier molecular flexibility index (Phi) is 3.69. The van der Waals surface area contributed by atoms with Gasteiger partial charge in [0.15, 0.2) is 0 Å². The largest absolute Gasteiger partial charge is 0.498 e. The van der Waals surface area contributed by atoms with E-state index in [9.17, 15) is 4.79 Å². The molecule has 1 aliphatic rings.